The van der Waals surface area contributed by atoms with Gasteiger partial charge < -0.3 is 20.3 Å². The maximum Gasteiger partial charge on any atom is 0.225 e. The van der Waals surface area contributed by atoms with E-state index in [9.17, 15) is 4.79 Å². The zero-order valence-corrected chi connectivity index (χ0v) is 22.7. The van der Waals surface area contributed by atoms with Gasteiger partial charge in [0.1, 0.15) is 5.82 Å². The summed E-state index contributed by atoms with van der Waals surface area (Å²) in [7, 11) is 1.92. The van der Waals surface area contributed by atoms with E-state index in [1.807, 2.05) is 22.8 Å². The van der Waals surface area contributed by atoms with E-state index in [1.165, 1.54) is 0 Å². The Bertz CT molecular complexity index is 1200. The second-order valence-electron chi connectivity index (χ2n) is 11.1. The van der Waals surface area contributed by atoms with Crippen LogP contribution in [0.2, 0.25) is 0 Å². The Morgan fingerprint density at radius 3 is 2.81 bits per heavy atom. The molecule has 1 atom stereocenters. The molecule has 1 saturated carbocycles. The number of nitrogens with one attached hydrogen (secondary N) is 2. The first-order valence-corrected chi connectivity index (χ1v) is 14.0. The maximum absolute atomic E-state index is 12.3. The fourth-order valence-electron chi connectivity index (χ4n) is 4.67. The third-order valence-electron chi connectivity index (χ3n) is 6.62. The quantitative estimate of drug-likeness (QED) is 0.357. The van der Waals surface area contributed by atoms with Gasteiger partial charge in [-0.2, -0.15) is 5.10 Å². The molecule has 4 heterocycles. The van der Waals surface area contributed by atoms with Crippen LogP contribution >= 0.6 is 11.3 Å². The first-order chi connectivity index (χ1) is 17.3. The molecule has 1 aliphatic heterocycles. The zero-order valence-electron chi connectivity index (χ0n) is 21.8. The second-order valence-corrected chi connectivity index (χ2v) is 12.1. The summed E-state index contributed by atoms with van der Waals surface area (Å²) in [6.45, 7) is 8.76. The molecule has 2 N–H and O–H groups in total. The van der Waals surface area contributed by atoms with E-state index in [2.05, 4.69) is 54.7 Å². The van der Waals surface area contributed by atoms with E-state index in [4.69, 9.17) is 9.72 Å². The standard InChI is InChI=1S/C27H38N6O2S/c1-27(2,3)31-23-17-19(28-12-7-14-32(4)26(34)18-9-10-18)25-20(30-23)16-22(36-25)21-11-13-29-33(21)24-8-5-6-15-35-24/h11,13,16-18,24H,5-10,12,14-15H2,1-4H3,(H2,28,30,31). The van der Waals surface area contributed by atoms with Gasteiger partial charge in [-0.05, 0) is 71.4 Å². The zero-order chi connectivity index (χ0) is 25.3. The third kappa shape index (κ3) is 5.83. The van der Waals surface area contributed by atoms with Crippen molar-refractivity contribution < 1.29 is 9.53 Å². The second kappa shape index (κ2) is 10.4. The number of rotatable bonds is 9. The summed E-state index contributed by atoms with van der Waals surface area (Å²) < 4.78 is 9.17. The van der Waals surface area contributed by atoms with Gasteiger partial charge in [0.15, 0.2) is 6.23 Å². The predicted octanol–water partition coefficient (Wildman–Crippen LogP) is 5.74. The number of ether oxygens (including phenoxy) is 1. The van der Waals surface area contributed by atoms with E-state index in [1.54, 1.807) is 11.3 Å². The molecule has 194 valence electrons. The number of fused-ring (bicyclic) bond motifs is 1. The maximum atomic E-state index is 12.3. The van der Waals surface area contributed by atoms with Crippen LogP contribution in [0.15, 0.2) is 24.4 Å². The Balaban J connectivity index is 1.38. The molecule has 8 nitrogen and oxygen atoms in total. The molecule has 0 bridgehead atoms. The molecule has 3 aromatic heterocycles. The van der Waals surface area contributed by atoms with Crippen LogP contribution in [-0.4, -0.2) is 57.9 Å². The molecular formula is C27H38N6O2S. The summed E-state index contributed by atoms with van der Waals surface area (Å²) in [6, 6.07) is 6.34. The molecule has 2 fully saturated rings. The number of anilines is 2. The van der Waals surface area contributed by atoms with Crippen molar-refractivity contribution in [3.63, 3.8) is 0 Å². The Morgan fingerprint density at radius 1 is 1.25 bits per heavy atom. The minimum Gasteiger partial charge on any atom is -0.384 e. The highest BCUT2D eigenvalue weighted by atomic mass is 32.1. The molecule has 1 saturated heterocycles. The van der Waals surface area contributed by atoms with Gasteiger partial charge in [0.05, 0.1) is 26.5 Å². The number of thiophene rings is 1. The summed E-state index contributed by atoms with van der Waals surface area (Å²) >= 11 is 1.73. The van der Waals surface area contributed by atoms with Gasteiger partial charge in [-0.3, -0.25) is 4.79 Å². The molecule has 5 rings (SSSR count). The van der Waals surface area contributed by atoms with Gasteiger partial charge in [0.25, 0.3) is 0 Å². The van der Waals surface area contributed by atoms with Crippen LogP contribution < -0.4 is 10.6 Å². The van der Waals surface area contributed by atoms with Crippen molar-refractivity contribution in [2.24, 2.45) is 5.92 Å². The average Bonchev–Trinajstić information content (AvgIpc) is 3.41. The molecule has 3 aromatic rings. The lowest BCUT2D eigenvalue weighted by molar-refractivity contribution is -0.131. The Morgan fingerprint density at radius 2 is 2.08 bits per heavy atom. The summed E-state index contributed by atoms with van der Waals surface area (Å²) in [4.78, 5) is 20.2. The minimum atomic E-state index is -0.0976. The molecular weight excluding hydrogens is 472 g/mol. The van der Waals surface area contributed by atoms with Crippen molar-refractivity contribution in [3.8, 4) is 10.6 Å². The lowest BCUT2D eigenvalue weighted by Crippen LogP contribution is -2.30. The van der Waals surface area contributed by atoms with Crippen LogP contribution in [-0.2, 0) is 9.53 Å². The van der Waals surface area contributed by atoms with Gasteiger partial charge in [-0.25, -0.2) is 9.67 Å². The number of carbonyl (C=O) groups is 1. The first kappa shape index (κ1) is 25.0. The lowest BCUT2D eigenvalue weighted by atomic mass is 10.1. The van der Waals surface area contributed by atoms with Crippen LogP contribution in [0.3, 0.4) is 0 Å². The Labute approximate surface area is 217 Å². The van der Waals surface area contributed by atoms with Crippen molar-refractivity contribution in [1.29, 1.82) is 0 Å². The first-order valence-electron chi connectivity index (χ1n) is 13.2. The molecule has 9 heteroatoms. The monoisotopic (exact) mass is 510 g/mol. The highest BCUT2D eigenvalue weighted by molar-refractivity contribution is 7.22. The topological polar surface area (TPSA) is 84.3 Å². The van der Waals surface area contributed by atoms with Crippen LogP contribution in [0.4, 0.5) is 11.5 Å². The van der Waals surface area contributed by atoms with Crippen LogP contribution in [0.1, 0.15) is 65.5 Å². The molecule has 1 amide bonds. The molecule has 0 spiro atoms. The molecule has 36 heavy (non-hydrogen) atoms. The van der Waals surface area contributed by atoms with E-state index in [-0.39, 0.29) is 17.7 Å². The summed E-state index contributed by atoms with van der Waals surface area (Å²) in [6.07, 6.45) is 8.10. The van der Waals surface area contributed by atoms with Crippen LogP contribution in [0.25, 0.3) is 20.8 Å². The van der Waals surface area contributed by atoms with E-state index in [0.29, 0.717) is 5.91 Å². The molecule has 0 radical (unpaired) electrons. The summed E-state index contributed by atoms with van der Waals surface area (Å²) in [5.41, 5.74) is 3.00. The van der Waals surface area contributed by atoms with E-state index >= 15 is 0 Å². The minimum absolute atomic E-state index is 0.00651. The van der Waals surface area contributed by atoms with Gasteiger partial charge in [0.2, 0.25) is 5.91 Å². The number of carbonyl (C=O) groups excluding carboxylic acids is 1. The van der Waals surface area contributed by atoms with Crippen molar-refractivity contribution in [1.82, 2.24) is 19.7 Å². The van der Waals surface area contributed by atoms with Crippen molar-refractivity contribution >= 4 is 39.0 Å². The van der Waals surface area contributed by atoms with E-state index in [0.717, 1.165) is 90.5 Å². The van der Waals surface area contributed by atoms with Crippen LogP contribution in [0, 0.1) is 5.92 Å². The number of amides is 1. The molecule has 2 aliphatic rings. The van der Waals surface area contributed by atoms with E-state index < -0.39 is 0 Å². The Hall–Kier alpha value is -2.65. The summed E-state index contributed by atoms with van der Waals surface area (Å²) in [5.74, 6) is 1.41. The number of hydrogen-bond donors (Lipinski definition) is 2. The largest absolute Gasteiger partial charge is 0.384 e. The van der Waals surface area contributed by atoms with Crippen molar-refractivity contribution in [2.45, 2.75) is 71.1 Å². The van der Waals surface area contributed by atoms with Gasteiger partial charge in [0, 0.05) is 50.5 Å². The highest BCUT2D eigenvalue weighted by Crippen LogP contribution is 2.39. The average molecular weight is 511 g/mol. The fraction of sp³-hybridized carbons (Fsp3) is 0.593. The number of nitrogens with zero attached hydrogens (tertiary/aromatic N) is 4. The van der Waals surface area contributed by atoms with Gasteiger partial charge >= 0.3 is 0 Å². The highest BCUT2D eigenvalue weighted by Gasteiger charge is 2.31. The van der Waals surface area contributed by atoms with Crippen molar-refractivity contribution in [3.05, 3.63) is 24.4 Å². The normalized spacial score (nSPS) is 18.4. The fourth-order valence-corrected chi connectivity index (χ4v) is 5.78. The lowest BCUT2D eigenvalue weighted by Gasteiger charge is -2.24. The van der Waals surface area contributed by atoms with Gasteiger partial charge in [-0.1, -0.05) is 0 Å². The molecule has 1 unspecified atom stereocenters. The smallest absolute Gasteiger partial charge is 0.225 e. The summed E-state index contributed by atoms with van der Waals surface area (Å²) in [5, 5.41) is 11.8. The third-order valence-corrected chi connectivity index (χ3v) is 7.80. The predicted molar refractivity (Wildman–Crippen MR) is 147 cm³/mol. The molecule has 0 aromatic carbocycles. The number of pyridine rings is 1. The number of aromatic nitrogens is 3. The van der Waals surface area contributed by atoms with Crippen molar-refractivity contribution in [2.75, 3.05) is 37.4 Å². The SMILES string of the molecule is CN(CCCNc1cc(NC(C)(C)C)nc2cc(-c3ccnn3C3CCCCO3)sc12)C(=O)C1CC1. The van der Waals surface area contributed by atoms with Crippen LogP contribution in [0.5, 0.6) is 0 Å². The van der Waals surface area contributed by atoms with Gasteiger partial charge in [-0.15, -0.1) is 11.3 Å². The Kier molecular flexibility index (Phi) is 7.21. The molecule has 1 aliphatic carbocycles. The number of hydrogen-bond acceptors (Lipinski definition) is 7.